The van der Waals surface area contributed by atoms with Crippen molar-refractivity contribution < 1.29 is 9.47 Å². The van der Waals surface area contributed by atoms with Crippen LogP contribution in [-0.4, -0.2) is 71.5 Å². The van der Waals surface area contributed by atoms with Gasteiger partial charge in [0.1, 0.15) is 0 Å². The molecule has 4 nitrogen and oxygen atoms in total. The largest absolute Gasteiger partial charge is 0.378 e. The molecule has 7 aliphatic rings. The van der Waals surface area contributed by atoms with Crippen LogP contribution in [0.15, 0.2) is 0 Å². The van der Waals surface area contributed by atoms with E-state index in [0.717, 1.165) is 90.9 Å². The maximum Gasteiger partial charge on any atom is 0.0576 e. The summed E-state index contributed by atoms with van der Waals surface area (Å²) in [6.45, 7) is 19.5. The van der Waals surface area contributed by atoms with Gasteiger partial charge in [-0.25, -0.2) is 0 Å². The van der Waals surface area contributed by atoms with Crippen molar-refractivity contribution in [3.05, 3.63) is 0 Å². The van der Waals surface area contributed by atoms with Crippen molar-refractivity contribution in [3.63, 3.8) is 0 Å². The Bertz CT molecular complexity index is 1120. The van der Waals surface area contributed by atoms with Crippen molar-refractivity contribution >= 4 is 0 Å². The van der Waals surface area contributed by atoms with Gasteiger partial charge in [0.05, 0.1) is 12.2 Å². The van der Waals surface area contributed by atoms with E-state index in [1.54, 1.807) is 0 Å². The van der Waals surface area contributed by atoms with Crippen molar-refractivity contribution in [2.24, 2.45) is 46.8 Å². The maximum absolute atomic E-state index is 6.54. The molecule has 4 heteroatoms. The van der Waals surface area contributed by atoms with Crippen LogP contribution in [0.5, 0.6) is 0 Å². The van der Waals surface area contributed by atoms with Gasteiger partial charge in [-0.3, -0.25) is 9.80 Å². The smallest absolute Gasteiger partial charge is 0.0576 e. The third-order valence-corrected chi connectivity index (χ3v) is 18.1. The summed E-state index contributed by atoms with van der Waals surface area (Å²) in [6.07, 6.45) is 38.9. The highest BCUT2D eigenvalue weighted by Crippen LogP contribution is 2.59. The lowest BCUT2D eigenvalue weighted by Gasteiger charge is -2.65. The summed E-state index contributed by atoms with van der Waals surface area (Å²) in [6, 6.07) is 4.81. The van der Waals surface area contributed by atoms with E-state index in [0.29, 0.717) is 17.6 Å². The number of unbranched alkanes of at least 4 members (excludes halogenated alkanes) is 2. The number of rotatable bonds is 14. The van der Waals surface area contributed by atoms with Gasteiger partial charge in [-0.05, 0) is 195 Å². The lowest BCUT2D eigenvalue weighted by molar-refractivity contribution is -0.160. The first-order chi connectivity index (χ1) is 27.2. The summed E-state index contributed by atoms with van der Waals surface area (Å²) < 4.78 is 13.1. The molecule has 0 N–H and O–H groups in total. The van der Waals surface area contributed by atoms with E-state index in [2.05, 4.69) is 58.3 Å². The molecule has 0 radical (unpaired) electrons. The Labute approximate surface area is 348 Å². The van der Waals surface area contributed by atoms with E-state index in [-0.39, 0.29) is 0 Å². The maximum atomic E-state index is 6.54. The third-order valence-electron chi connectivity index (χ3n) is 18.1. The highest BCUT2D eigenvalue weighted by molar-refractivity contribution is 5.11. The SMILES string of the molecule is CCCCOC1CCC(N(C2CCC(C)CC2)C2C3CCCCC3C(N(C3CCC(C)CC3)C3CCC(OCCCC)CC3)C3CC(C(C)(C)C)CCC32)CC1. The first kappa shape index (κ1) is 43.9. The van der Waals surface area contributed by atoms with E-state index >= 15 is 0 Å². The molecule has 0 amide bonds. The average molecular weight is 779 g/mol. The highest BCUT2D eigenvalue weighted by Gasteiger charge is 2.59. The molecule has 324 valence electrons. The zero-order valence-electron chi connectivity index (χ0n) is 38.4. The molecule has 0 spiro atoms. The Morgan fingerprint density at radius 2 is 0.821 bits per heavy atom. The monoisotopic (exact) mass is 779 g/mol. The molecular formula is C52H94N2O2. The molecule has 0 aromatic heterocycles. The molecule has 0 aromatic rings. The van der Waals surface area contributed by atoms with E-state index in [1.165, 1.54) is 173 Å². The summed E-state index contributed by atoms with van der Waals surface area (Å²) in [7, 11) is 0. The predicted octanol–water partition coefficient (Wildman–Crippen LogP) is 13.6. The van der Waals surface area contributed by atoms with Crippen molar-refractivity contribution in [3.8, 4) is 0 Å². The van der Waals surface area contributed by atoms with E-state index in [4.69, 9.17) is 9.47 Å². The lowest BCUT2D eigenvalue weighted by atomic mass is 9.51. The fourth-order valence-electron chi connectivity index (χ4n) is 14.8. The highest BCUT2D eigenvalue weighted by atomic mass is 16.5. The molecule has 0 saturated heterocycles. The van der Waals surface area contributed by atoms with Crippen LogP contribution in [0.2, 0.25) is 0 Å². The standard InChI is InChI=1S/C52H94N2O2/c1-8-10-34-55-44-29-25-42(26-30-44)53(40-21-16-37(3)17-22-40)50-46-14-12-13-15-47(46)51(49-36-39(52(5,6)7)20-33-48(49)50)54(41-23-18-38(4)19-24-41)43-27-31-45(32-28-43)56-35-11-9-2/h37-51H,8-36H2,1-7H3. The van der Waals surface area contributed by atoms with Gasteiger partial charge >= 0.3 is 0 Å². The fraction of sp³-hybridized carbons (Fsp3) is 1.00. The predicted molar refractivity (Wildman–Crippen MR) is 237 cm³/mol. The number of ether oxygens (including phenoxy) is 2. The summed E-state index contributed by atoms with van der Waals surface area (Å²) >= 11 is 0. The normalized spacial score (nSPS) is 42.7. The molecule has 0 heterocycles. The molecule has 7 unspecified atom stereocenters. The molecule has 7 rings (SSSR count). The van der Waals surface area contributed by atoms with Crippen LogP contribution in [0.1, 0.15) is 222 Å². The van der Waals surface area contributed by atoms with Crippen LogP contribution in [0.25, 0.3) is 0 Å². The molecule has 7 saturated carbocycles. The Morgan fingerprint density at radius 1 is 0.446 bits per heavy atom. The third kappa shape index (κ3) is 10.5. The number of hydrogen-bond donors (Lipinski definition) is 0. The van der Waals surface area contributed by atoms with Gasteiger partial charge in [-0.15, -0.1) is 0 Å². The van der Waals surface area contributed by atoms with Crippen LogP contribution < -0.4 is 0 Å². The van der Waals surface area contributed by atoms with Crippen molar-refractivity contribution in [2.45, 2.75) is 270 Å². The zero-order chi connectivity index (χ0) is 39.2. The van der Waals surface area contributed by atoms with Crippen LogP contribution >= 0.6 is 0 Å². The summed E-state index contributed by atoms with van der Waals surface area (Å²) in [5.41, 5.74) is 0.406. The molecule has 0 aromatic carbocycles. The number of fused-ring (bicyclic) bond motifs is 2. The molecule has 7 aliphatic carbocycles. The van der Waals surface area contributed by atoms with Gasteiger partial charge in [0.15, 0.2) is 0 Å². The van der Waals surface area contributed by atoms with Gasteiger partial charge in [0, 0.05) is 49.5 Å². The van der Waals surface area contributed by atoms with E-state index in [9.17, 15) is 0 Å². The average Bonchev–Trinajstić information content (AvgIpc) is 3.21. The van der Waals surface area contributed by atoms with Gasteiger partial charge in [-0.2, -0.15) is 0 Å². The minimum Gasteiger partial charge on any atom is -0.378 e. The first-order valence-electron chi connectivity index (χ1n) is 25.9. The zero-order valence-corrected chi connectivity index (χ0v) is 38.4. The van der Waals surface area contributed by atoms with Gasteiger partial charge in [0.2, 0.25) is 0 Å². The Kier molecular flexibility index (Phi) is 16.2. The van der Waals surface area contributed by atoms with Crippen molar-refractivity contribution in [2.75, 3.05) is 13.2 Å². The Morgan fingerprint density at radius 3 is 1.21 bits per heavy atom. The molecule has 0 aliphatic heterocycles. The Balaban J connectivity index is 1.23. The summed E-state index contributed by atoms with van der Waals surface area (Å²) in [4.78, 5) is 6.86. The summed E-state index contributed by atoms with van der Waals surface area (Å²) in [5, 5.41) is 0. The summed E-state index contributed by atoms with van der Waals surface area (Å²) in [5.74, 6) is 6.25. The van der Waals surface area contributed by atoms with Crippen molar-refractivity contribution in [1.82, 2.24) is 9.80 Å². The topological polar surface area (TPSA) is 24.9 Å². The van der Waals surface area contributed by atoms with Crippen LogP contribution in [-0.2, 0) is 9.47 Å². The molecule has 7 atom stereocenters. The Hall–Kier alpha value is -0.160. The molecular weight excluding hydrogens is 685 g/mol. The second kappa shape index (κ2) is 20.6. The van der Waals surface area contributed by atoms with Crippen molar-refractivity contribution in [1.29, 1.82) is 0 Å². The minimum absolute atomic E-state index is 0.406. The lowest BCUT2D eigenvalue weighted by Crippen LogP contribution is -2.69. The van der Waals surface area contributed by atoms with E-state index in [1.807, 2.05) is 0 Å². The molecule has 7 fully saturated rings. The van der Waals surface area contributed by atoms with Crippen LogP contribution in [0.4, 0.5) is 0 Å². The number of hydrogen-bond acceptors (Lipinski definition) is 4. The first-order valence-corrected chi connectivity index (χ1v) is 25.9. The van der Waals surface area contributed by atoms with E-state index < -0.39 is 0 Å². The van der Waals surface area contributed by atoms with Crippen LogP contribution in [0.3, 0.4) is 0 Å². The van der Waals surface area contributed by atoms with Gasteiger partial charge < -0.3 is 9.47 Å². The molecule has 56 heavy (non-hydrogen) atoms. The van der Waals surface area contributed by atoms with Gasteiger partial charge in [-0.1, -0.05) is 74.1 Å². The molecule has 0 bridgehead atoms. The second-order valence-corrected chi connectivity index (χ2v) is 22.8. The minimum atomic E-state index is 0.406. The second-order valence-electron chi connectivity index (χ2n) is 22.8. The van der Waals surface area contributed by atoms with Gasteiger partial charge in [0.25, 0.3) is 0 Å². The fourth-order valence-corrected chi connectivity index (χ4v) is 14.8. The quantitative estimate of drug-likeness (QED) is 0.164. The van der Waals surface area contributed by atoms with Crippen LogP contribution in [0, 0.1) is 46.8 Å². The number of nitrogens with zero attached hydrogens (tertiary/aromatic N) is 2.